The van der Waals surface area contributed by atoms with Gasteiger partial charge in [-0.05, 0) is 36.0 Å². The van der Waals surface area contributed by atoms with Gasteiger partial charge >= 0.3 is 0 Å². The third-order valence-corrected chi connectivity index (χ3v) is 3.76. The van der Waals surface area contributed by atoms with Crippen LogP contribution in [-0.2, 0) is 19.3 Å². The van der Waals surface area contributed by atoms with Crippen molar-refractivity contribution in [1.82, 2.24) is 0 Å². The summed E-state index contributed by atoms with van der Waals surface area (Å²) in [5.74, 6) is 0.229. The Morgan fingerprint density at radius 1 is 0.750 bits per heavy atom. The minimum Gasteiger partial charge on any atom is -0.294 e. The molecule has 0 aliphatic rings. The van der Waals surface area contributed by atoms with Crippen molar-refractivity contribution in [1.29, 1.82) is 0 Å². The van der Waals surface area contributed by atoms with Gasteiger partial charge in [0.15, 0.2) is 5.78 Å². The minimum absolute atomic E-state index is 0.229. The zero-order valence-electron chi connectivity index (χ0n) is 12.4. The van der Waals surface area contributed by atoms with Gasteiger partial charge in [0, 0.05) is 12.0 Å². The van der Waals surface area contributed by atoms with Crippen molar-refractivity contribution in [2.45, 2.75) is 39.5 Å². The molecule has 1 nitrogen and oxygen atoms in total. The maximum atomic E-state index is 12.1. The molecule has 0 atom stereocenters. The van der Waals surface area contributed by atoms with Crippen LogP contribution in [0.3, 0.4) is 0 Å². The lowest BCUT2D eigenvalue weighted by Crippen LogP contribution is -2.01. The van der Waals surface area contributed by atoms with Crippen LogP contribution in [0.25, 0.3) is 0 Å². The first-order valence-electron chi connectivity index (χ1n) is 7.43. The Bertz CT molecular complexity index is 549. The third-order valence-electron chi connectivity index (χ3n) is 3.76. The van der Waals surface area contributed by atoms with Crippen LogP contribution >= 0.6 is 0 Å². The van der Waals surface area contributed by atoms with Crippen LogP contribution in [0.15, 0.2) is 48.5 Å². The number of ketones is 1. The molecule has 2 aromatic carbocycles. The molecule has 0 aliphatic carbocycles. The first-order valence-corrected chi connectivity index (χ1v) is 7.43. The molecule has 0 unspecified atom stereocenters. The van der Waals surface area contributed by atoms with Gasteiger partial charge in [0.2, 0.25) is 0 Å². The summed E-state index contributed by atoms with van der Waals surface area (Å²) in [5, 5.41) is 0. The quantitative estimate of drug-likeness (QED) is 0.697. The third kappa shape index (κ3) is 3.80. The number of aryl methyl sites for hydroxylation is 3. The van der Waals surface area contributed by atoms with E-state index in [1.165, 1.54) is 16.7 Å². The predicted octanol–water partition coefficient (Wildman–Crippen LogP) is 4.63. The number of carbonyl (C=O) groups is 1. The van der Waals surface area contributed by atoms with Crippen LogP contribution in [0.5, 0.6) is 0 Å². The van der Waals surface area contributed by atoms with Crippen LogP contribution < -0.4 is 0 Å². The average Bonchev–Trinajstić information content (AvgIpc) is 2.53. The lowest BCUT2D eigenvalue weighted by atomic mass is 10.0. The maximum Gasteiger partial charge on any atom is 0.163 e. The molecule has 0 spiro atoms. The molecule has 104 valence electrons. The molecular weight excluding hydrogens is 244 g/mol. The first-order chi connectivity index (χ1) is 9.72. The van der Waals surface area contributed by atoms with E-state index in [0.29, 0.717) is 6.42 Å². The molecule has 0 radical (unpaired) electrons. The molecule has 2 aromatic rings. The van der Waals surface area contributed by atoms with E-state index in [0.717, 1.165) is 24.8 Å². The molecule has 2 rings (SSSR count). The topological polar surface area (TPSA) is 17.1 Å². The van der Waals surface area contributed by atoms with Crippen molar-refractivity contribution in [2.75, 3.05) is 0 Å². The van der Waals surface area contributed by atoms with Gasteiger partial charge in [-0.2, -0.15) is 0 Å². The summed E-state index contributed by atoms with van der Waals surface area (Å²) in [7, 11) is 0. The number of rotatable bonds is 6. The van der Waals surface area contributed by atoms with Gasteiger partial charge in [-0.3, -0.25) is 4.79 Å². The molecular formula is C19H22O. The van der Waals surface area contributed by atoms with E-state index in [2.05, 4.69) is 38.1 Å². The monoisotopic (exact) mass is 266 g/mol. The van der Waals surface area contributed by atoms with Gasteiger partial charge < -0.3 is 0 Å². The Hall–Kier alpha value is -1.89. The largest absolute Gasteiger partial charge is 0.294 e. The molecule has 0 aliphatic heterocycles. The van der Waals surface area contributed by atoms with Gasteiger partial charge in [0.25, 0.3) is 0 Å². The highest BCUT2D eigenvalue weighted by Crippen LogP contribution is 2.11. The van der Waals surface area contributed by atoms with Crippen LogP contribution in [0.4, 0.5) is 0 Å². The van der Waals surface area contributed by atoms with Gasteiger partial charge in [-0.1, -0.05) is 62.4 Å². The smallest absolute Gasteiger partial charge is 0.163 e. The second kappa shape index (κ2) is 7.04. The highest BCUT2D eigenvalue weighted by atomic mass is 16.1. The van der Waals surface area contributed by atoms with E-state index >= 15 is 0 Å². The lowest BCUT2D eigenvalue weighted by molar-refractivity contribution is 0.0983. The van der Waals surface area contributed by atoms with E-state index in [4.69, 9.17) is 0 Å². The molecule has 0 amide bonds. The van der Waals surface area contributed by atoms with Gasteiger partial charge in [0.1, 0.15) is 0 Å². The summed E-state index contributed by atoms with van der Waals surface area (Å²) in [4.78, 5) is 12.1. The van der Waals surface area contributed by atoms with Crippen molar-refractivity contribution >= 4 is 5.78 Å². The van der Waals surface area contributed by atoms with Gasteiger partial charge in [-0.25, -0.2) is 0 Å². The summed E-state index contributed by atoms with van der Waals surface area (Å²) in [6, 6.07) is 16.5. The van der Waals surface area contributed by atoms with Crippen LogP contribution in [0, 0.1) is 0 Å². The van der Waals surface area contributed by atoms with Crippen molar-refractivity contribution in [2.24, 2.45) is 0 Å². The van der Waals surface area contributed by atoms with Gasteiger partial charge in [0.05, 0.1) is 0 Å². The molecule has 0 bridgehead atoms. The van der Waals surface area contributed by atoms with Crippen molar-refractivity contribution in [3.8, 4) is 0 Å². The van der Waals surface area contributed by atoms with E-state index in [1.54, 1.807) is 0 Å². The minimum atomic E-state index is 0.229. The lowest BCUT2D eigenvalue weighted by Gasteiger charge is -2.04. The van der Waals surface area contributed by atoms with Crippen molar-refractivity contribution in [3.05, 3.63) is 70.8 Å². The summed E-state index contributed by atoms with van der Waals surface area (Å²) in [6.45, 7) is 4.27. The Morgan fingerprint density at radius 2 is 1.20 bits per heavy atom. The Labute approximate surface area is 121 Å². The Morgan fingerprint density at radius 3 is 1.70 bits per heavy atom. The van der Waals surface area contributed by atoms with Crippen LogP contribution in [0.2, 0.25) is 0 Å². The second-order valence-corrected chi connectivity index (χ2v) is 5.14. The average molecular weight is 266 g/mol. The second-order valence-electron chi connectivity index (χ2n) is 5.14. The standard InChI is InChI=1S/C19H22O/c1-3-15-5-7-17(8-6-15)11-14-19(20)18-12-9-16(4-2)10-13-18/h5-10,12-13H,3-4,11,14H2,1-2H3. The molecule has 1 heteroatoms. The normalized spacial score (nSPS) is 10.5. The van der Waals surface area contributed by atoms with E-state index < -0.39 is 0 Å². The fourth-order valence-electron chi connectivity index (χ4n) is 2.27. The molecule has 0 heterocycles. The molecule has 0 aromatic heterocycles. The zero-order chi connectivity index (χ0) is 14.4. The van der Waals surface area contributed by atoms with Crippen molar-refractivity contribution < 1.29 is 4.79 Å². The molecule has 0 N–H and O–H groups in total. The number of hydrogen-bond donors (Lipinski definition) is 0. The SMILES string of the molecule is CCc1ccc(CCC(=O)c2ccc(CC)cc2)cc1. The first kappa shape index (κ1) is 14.5. The molecule has 0 fully saturated rings. The molecule has 0 saturated carbocycles. The van der Waals surface area contributed by atoms with E-state index in [9.17, 15) is 4.79 Å². The van der Waals surface area contributed by atoms with Gasteiger partial charge in [-0.15, -0.1) is 0 Å². The number of hydrogen-bond acceptors (Lipinski definition) is 1. The Balaban J connectivity index is 1.93. The summed E-state index contributed by atoms with van der Waals surface area (Å²) in [5.41, 5.74) is 4.68. The number of benzene rings is 2. The van der Waals surface area contributed by atoms with Crippen molar-refractivity contribution in [3.63, 3.8) is 0 Å². The highest BCUT2D eigenvalue weighted by Gasteiger charge is 2.06. The summed E-state index contributed by atoms with van der Waals surface area (Å²) in [6.07, 6.45) is 3.47. The van der Waals surface area contributed by atoms with E-state index in [1.807, 2.05) is 24.3 Å². The fraction of sp³-hybridized carbons (Fsp3) is 0.316. The fourth-order valence-corrected chi connectivity index (χ4v) is 2.27. The van der Waals surface area contributed by atoms with E-state index in [-0.39, 0.29) is 5.78 Å². The summed E-state index contributed by atoms with van der Waals surface area (Å²) < 4.78 is 0. The van der Waals surface area contributed by atoms with Crippen LogP contribution in [-0.4, -0.2) is 5.78 Å². The highest BCUT2D eigenvalue weighted by molar-refractivity contribution is 5.96. The predicted molar refractivity (Wildman–Crippen MR) is 84.3 cm³/mol. The summed E-state index contributed by atoms with van der Waals surface area (Å²) >= 11 is 0. The maximum absolute atomic E-state index is 12.1. The molecule has 0 saturated heterocycles. The zero-order valence-corrected chi connectivity index (χ0v) is 12.4. The Kier molecular flexibility index (Phi) is 5.11. The molecule has 20 heavy (non-hydrogen) atoms. The van der Waals surface area contributed by atoms with Crippen LogP contribution in [0.1, 0.15) is 47.3 Å². The number of Topliss-reactive ketones (excluding diaryl/α,β-unsaturated/α-hetero) is 1. The number of carbonyl (C=O) groups excluding carboxylic acids is 1.